The standard InChI is InChI=1S/C23H32O5/c1-14(24)28-19-5-4-16-20-17(6-7-22(16,19)3)21(2)8-9-23(26-10-11-27-23)13-15(21)12-18(20)25/h12,16-17,19-20H,4-11,13H2,1-3H3/t16-,17-,19-,20-,21-,22-/m0/s1. The fourth-order valence-electron chi connectivity index (χ4n) is 7.44. The van der Waals surface area contributed by atoms with Gasteiger partial charge in [-0.1, -0.05) is 19.4 Å². The molecule has 1 spiro atoms. The molecule has 0 bridgehead atoms. The summed E-state index contributed by atoms with van der Waals surface area (Å²) < 4.78 is 17.6. The van der Waals surface area contributed by atoms with Gasteiger partial charge in [0.25, 0.3) is 0 Å². The number of carbonyl (C=O) groups excluding carboxylic acids is 2. The minimum Gasteiger partial charge on any atom is -0.462 e. The van der Waals surface area contributed by atoms with Gasteiger partial charge in [-0.3, -0.25) is 9.59 Å². The zero-order valence-corrected chi connectivity index (χ0v) is 17.3. The fraction of sp³-hybridized carbons (Fsp3) is 0.826. The molecule has 1 saturated heterocycles. The molecule has 5 heteroatoms. The number of ether oxygens (including phenoxy) is 3. The first-order chi connectivity index (χ1) is 13.3. The van der Waals surface area contributed by atoms with Crippen LogP contribution in [0.4, 0.5) is 0 Å². The van der Waals surface area contributed by atoms with E-state index in [9.17, 15) is 9.59 Å². The SMILES string of the molecule is CC(=O)O[C@H]1CC[C@H]2[C@@H]3C(=O)C=C4CC5(CC[C@]4(C)[C@H]3CC[C@]12C)OCCO5. The second kappa shape index (κ2) is 6.15. The first-order valence-electron chi connectivity index (χ1n) is 11.0. The number of ketones is 1. The quantitative estimate of drug-likeness (QED) is 0.640. The van der Waals surface area contributed by atoms with E-state index in [1.165, 1.54) is 12.5 Å². The van der Waals surface area contributed by atoms with Gasteiger partial charge >= 0.3 is 5.97 Å². The van der Waals surface area contributed by atoms with E-state index in [1.54, 1.807) is 0 Å². The second-order valence-corrected chi connectivity index (χ2v) is 10.2. The number of hydrogen-bond acceptors (Lipinski definition) is 5. The highest BCUT2D eigenvalue weighted by molar-refractivity contribution is 5.94. The molecule has 1 aliphatic heterocycles. The third-order valence-electron chi connectivity index (χ3n) is 8.99. The molecule has 4 aliphatic carbocycles. The zero-order chi connectivity index (χ0) is 19.7. The number of carbonyl (C=O) groups is 2. The number of fused-ring (bicyclic) bond motifs is 5. The highest BCUT2D eigenvalue weighted by atomic mass is 16.7. The summed E-state index contributed by atoms with van der Waals surface area (Å²) in [6.45, 7) is 7.42. The molecule has 0 N–H and O–H groups in total. The Kier molecular flexibility index (Phi) is 4.13. The van der Waals surface area contributed by atoms with Gasteiger partial charge in [-0.05, 0) is 55.4 Å². The van der Waals surface area contributed by atoms with Gasteiger partial charge in [-0.25, -0.2) is 0 Å². The maximum atomic E-state index is 13.4. The van der Waals surface area contributed by atoms with Crippen LogP contribution in [0, 0.1) is 28.6 Å². The fourth-order valence-corrected chi connectivity index (χ4v) is 7.44. The lowest BCUT2D eigenvalue weighted by Crippen LogP contribution is -2.55. The smallest absolute Gasteiger partial charge is 0.302 e. The largest absolute Gasteiger partial charge is 0.462 e. The molecule has 5 rings (SSSR count). The maximum Gasteiger partial charge on any atom is 0.302 e. The van der Waals surface area contributed by atoms with Crippen LogP contribution in [0.1, 0.15) is 65.7 Å². The van der Waals surface area contributed by atoms with Gasteiger partial charge in [-0.2, -0.15) is 0 Å². The molecule has 28 heavy (non-hydrogen) atoms. The third-order valence-corrected chi connectivity index (χ3v) is 8.99. The van der Waals surface area contributed by atoms with E-state index in [-0.39, 0.29) is 34.6 Å². The average molecular weight is 389 g/mol. The predicted molar refractivity (Wildman–Crippen MR) is 102 cm³/mol. The molecular weight excluding hydrogens is 356 g/mol. The monoisotopic (exact) mass is 388 g/mol. The molecule has 0 aromatic rings. The van der Waals surface area contributed by atoms with E-state index in [0.717, 1.165) is 44.9 Å². The van der Waals surface area contributed by atoms with Gasteiger partial charge in [0, 0.05) is 31.1 Å². The number of hydrogen-bond donors (Lipinski definition) is 0. The van der Waals surface area contributed by atoms with Crippen LogP contribution in [-0.2, 0) is 23.8 Å². The van der Waals surface area contributed by atoms with Crippen molar-refractivity contribution in [2.24, 2.45) is 28.6 Å². The highest BCUT2D eigenvalue weighted by Crippen LogP contribution is 2.65. The first-order valence-corrected chi connectivity index (χ1v) is 11.0. The van der Waals surface area contributed by atoms with Crippen LogP contribution < -0.4 is 0 Å². The Labute approximate surface area is 167 Å². The van der Waals surface area contributed by atoms with Crippen LogP contribution in [0.2, 0.25) is 0 Å². The maximum absolute atomic E-state index is 13.4. The summed E-state index contributed by atoms with van der Waals surface area (Å²) in [4.78, 5) is 25.0. The Morgan fingerprint density at radius 3 is 2.54 bits per heavy atom. The van der Waals surface area contributed by atoms with E-state index in [0.29, 0.717) is 25.0 Å². The van der Waals surface area contributed by atoms with Crippen molar-refractivity contribution in [1.29, 1.82) is 0 Å². The molecule has 5 aliphatic rings. The van der Waals surface area contributed by atoms with E-state index >= 15 is 0 Å². The van der Waals surface area contributed by atoms with Crippen molar-refractivity contribution in [2.45, 2.75) is 77.6 Å². The highest BCUT2D eigenvalue weighted by Gasteiger charge is 2.63. The molecule has 4 fully saturated rings. The Morgan fingerprint density at radius 1 is 1.07 bits per heavy atom. The van der Waals surface area contributed by atoms with Gasteiger partial charge in [0.05, 0.1) is 13.2 Å². The third kappa shape index (κ3) is 2.51. The summed E-state index contributed by atoms with van der Waals surface area (Å²) in [6.07, 6.45) is 8.49. The summed E-state index contributed by atoms with van der Waals surface area (Å²) in [7, 11) is 0. The van der Waals surface area contributed by atoms with Crippen LogP contribution >= 0.6 is 0 Å². The summed E-state index contributed by atoms with van der Waals surface area (Å²) in [5.74, 6) is 0.349. The molecule has 5 nitrogen and oxygen atoms in total. The molecule has 0 amide bonds. The summed E-state index contributed by atoms with van der Waals surface area (Å²) >= 11 is 0. The van der Waals surface area contributed by atoms with Gasteiger partial charge in [0.15, 0.2) is 11.6 Å². The zero-order valence-electron chi connectivity index (χ0n) is 17.3. The number of allylic oxidation sites excluding steroid dienone is 1. The summed E-state index contributed by atoms with van der Waals surface area (Å²) in [5, 5.41) is 0. The van der Waals surface area contributed by atoms with Crippen LogP contribution in [-0.4, -0.2) is 36.9 Å². The van der Waals surface area contributed by atoms with E-state index in [4.69, 9.17) is 14.2 Å². The molecule has 154 valence electrons. The van der Waals surface area contributed by atoms with Gasteiger partial charge in [-0.15, -0.1) is 0 Å². The normalized spacial score (nSPS) is 46.5. The van der Waals surface area contributed by atoms with Crippen molar-refractivity contribution in [3.05, 3.63) is 11.6 Å². The minimum absolute atomic E-state index is 0.0446. The van der Waals surface area contributed by atoms with Crippen molar-refractivity contribution < 1.29 is 23.8 Å². The van der Waals surface area contributed by atoms with Gasteiger partial charge in [0.1, 0.15) is 6.10 Å². The molecule has 0 aromatic carbocycles. The van der Waals surface area contributed by atoms with Crippen LogP contribution in [0.25, 0.3) is 0 Å². The second-order valence-electron chi connectivity index (χ2n) is 10.2. The predicted octanol–water partition coefficient (Wildman–Crippen LogP) is 3.80. The van der Waals surface area contributed by atoms with Crippen molar-refractivity contribution in [1.82, 2.24) is 0 Å². The van der Waals surface area contributed by atoms with Crippen LogP contribution in [0.15, 0.2) is 11.6 Å². The summed E-state index contributed by atoms with van der Waals surface area (Å²) in [5.41, 5.74) is 1.22. The van der Waals surface area contributed by atoms with Crippen molar-refractivity contribution in [2.75, 3.05) is 13.2 Å². The van der Waals surface area contributed by atoms with Crippen molar-refractivity contribution in [3.8, 4) is 0 Å². The first kappa shape index (κ1) is 18.8. The molecule has 0 radical (unpaired) electrons. The molecular formula is C23H32O5. The molecule has 1 heterocycles. The van der Waals surface area contributed by atoms with E-state index in [2.05, 4.69) is 13.8 Å². The Hall–Kier alpha value is -1.20. The minimum atomic E-state index is -0.491. The Morgan fingerprint density at radius 2 is 1.82 bits per heavy atom. The molecule has 6 atom stereocenters. The van der Waals surface area contributed by atoms with Crippen molar-refractivity contribution in [3.63, 3.8) is 0 Å². The van der Waals surface area contributed by atoms with Crippen molar-refractivity contribution >= 4 is 11.8 Å². The van der Waals surface area contributed by atoms with Gasteiger partial charge in [0.2, 0.25) is 0 Å². The van der Waals surface area contributed by atoms with Crippen LogP contribution in [0.5, 0.6) is 0 Å². The number of rotatable bonds is 1. The van der Waals surface area contributed by atoms with E-state index < -0.39 is 5.79 Å². The Bertz CT molecular complexity index is 735. The molecule has 3 saturated carbocycles. The van der Waals surface area contributed by atoms with E-state index in [1.807, 2.05) is 6.08 Å². The average Bonchev–Trinajstić information content (AvgIpc) is 3.22. The Balaban J connectivity index is 1.46. The summed E-state index contributed by atoms with van der Waals surface area (Å²) in [6, 6.07) is 0. The lowest BCUT2D eigenvalue weighted by atomic mass is 9.47. The van der Waals surface area contributed by atoms with Crippen LogP contribution in [0.3, 0.4) is 0 Å². The lowest BCUT2D eigenvalue weighted by Gasteiger charge is -2.57. The lowest BCUT2D eigenvalue weighted by molar-refractivity contribution is -0.186. The number of esters is 1. The molecule has 0 aromatic heterocycles. The topological polar surface area (TPSA) is 61.8 Å². The van der Waals surface area contributed by atoms with Gasteiger partial charge < -0.3 is 14.2 Å². The molecule has 0 unspecified atom stereocenters.